The Kier molecular flexibility index (Phi) is 4.17. The zero-order chi connectivity index (χ0) is 16.5. The summed E-state index contributed by atoms with van der Waals surface area (Å²) in [7, 11) is 0. The monoisotopic (exact) mass is 297 g/mol. The molecule has 0 aliphatic carbocycles. The minimum Gasteiger partial charge on any atom is -0.383 e. The summed E-state index contributed by atoms with van der Waals surface area (Å²) in [6.45, 7) is 10.2. The van der Waals surface area contributed by atoms with E-state index in [1.54, 1.807) is 0 Å². The van der Waals surface area contributed by atoms with Crippen LogP contribution in [0.4, 0.5) is 11.6 Å². The van der Waals surface area contributed by atoms with Gasteiger partial charge in [0.1, 0.15) is 18.0 Å². The van der Waals surface area contributed by atoms with Gasteiger partial charge in [-0.2, -0.15) is 0 Å². The van der Waals surface area contributed by atoms with Gasteiger partial charge in [-0.15, -0.1) is 0 Å². The fourth-order valence-corrected chi connectivity index (χ4v) is 2.25. The second-order valence-electron chi connectivity index (χ2n) is 6.48. The number of aryl methyl sites for hydroxylation is 1. The average molecular weight is 297 g/mol. The fraction of sp³-hybridized carbons (Fsp3) is 0.353. The average Bonchev–Trinajstić information content (AvgIpc) is 2.39. The van der Waals surface area contributed by atoms with Crippen molar-refractivity contribution in [2.24, 2.45) is 0 Å². The second-order valence-corrected chi connectivity index (χ2v) is 6.48. The van der Waals surface area contributed by atoms with Crippen LogP contribution in [-0.4, -0.2) is 21.2 Å². The van der Waals surface area contributed by atoms with E-state index in [4.69, 9.17) is 11.1 Å². The number of nitrogens with two attached hydrogens (primary N) is 1. The van der Waals surface area contributed by atoms with Crippen molar-refractivity contribution in [1.29, 1.82) is 5.41 Å². The molecule has 4 N–H and O–H groups in total. The number of hydrogen-bond donors (Lipinski definition) is 3. The molecule has 1 aromatic heterocycles. The van der Waals surface area contributed by atoms with Crippen molar-refractivity contribution in [1.82, 2.24) is 9.97 Å². The van der Waals surface area contributed by atoms with Crippen LogP contribution in [-0.2, 0) is 0 Å². The Bertz CT molecular complexity index is 713. The lowest BCUT2D eigenvalue weighted by Crippen LogP contribution is -2.28. The maximum absolute atomic E-state index is 8.60. The maximum atomic E-state index is 8.60. The molecule has 0 radical (unpaired) electrons. The van der Waals surface area contributed by atoms with Gasteiger partial charge in [0.15, 0.2) is 0 Å². The Balaban J connectivity index is 2.56. The molecular weight excluding hydrogens is 274 g/mol. The van der Waals surface area contributed by atoms with E-state index in [1.165, 1.54) is 6.33 Å². The van der Waals surface area contributed by atoms with Crippen LogP contribution in [0.15, 0.2) is 24.5 Å². The number of benzene rings is 1. The van der Waals surface area contributed by atoms with Gasteiger partial charge in [-0.05, 0) is 45.7 Å². The highest BCUT2D eigenvalue weighted by molar-refractivity contribution is 6.17. The molecule has 5 heteroatoms. The SMILES string of the molecule is Cc1cccc(C(=N)c2c(N)ncnc2NC(C)(C)C)c1C. The first-order valence-electron chi connectivity index (χ1n) is 7.25. The second kappa shape index (κ2) is 5.75. The summed E-state index contributed by atoms with van der Waals surface area (Å²) >= 11 is 0. The van der Waals surface area contributed by atoms with Crippen LogP contribution in [0.25, 0.3) is 0 Å². The molecule has 0 fully saturated rings. The number of anilines is 2. The molecule has 0 bridgehead atoms. The first-order valence-corrected chi connectivity index (χ1v) is 7.25. The number of nitrogen functional groups attached to an aromatic ring is 1. The largest absolute Gasteiger partial charge is 0.383 e. The Hall–Kier alpha value is -2.43. The number of hydrogen-bond acceptors (Lipinski definition) is 5. The van der Waals surface area contributed by atoms with Gasteiger partial charge < -0.3 is 11.1 Å². The highest BCUT2D eigenvalue weighted by Gasteiger charge is 2.21. The van der Waals surface area contributed by atoms with Crippen LogP contribution in [0.2, 0.25) is 0 Å². The molecule has 2 rings (SSSR count). The molecule has 1 heterocycles. The van der Waals surface area contributed by atoms with Gasteiger partial charge in [0.05, 0.1) is 11.3 Å². The van der Waals surface area contributed by atoms with Crippen molar-refractivity contribution in [3.63, 3.8) is 0 Å². The molecule has 116 valence electrons. The van der Waals surface area contributed by atoms with Crippen molar-refractivity contribution < 1.29 is 0 Å². The number of nitrogens with one attached hydrogen (secondary N) is 2. The van der Waals surface area contributed by atoms with Gasteiger partial charge in [-0.25, -0.2) is 9.97 Å². The Labute approximate surface area is 131 Å². The molecule has 1 aromatic carbocycles. The third-order valence-corrected chi connectivity index (χ3v) is 3.49. The summed E-state index contributed by atoms with van der Waals surface area (Å²) in [5.74, 6) is 0.901. The molecular formula is C17H23N5. The van der Waals surface area contributed by atoms with E-state index < -0.39 is 0 Å². The molecule has 0 saturated carbocycles. The molecule has 0 spiro atoms. The van der Waals surface area contributed by atoms with Crippen LogP contribution >= 0.6 is 0 Å². The van der Waals surface area contributed by atoms with Crippen molar-refractivity contribution >= 4 is 17.3 Å². The molecule has 0 amide bonds. The Morgan fingerprint density at radius 3 is 2.50 bits per heavy atom. The predicted octanol–water partition coefficient (Wildman–Crippen LogP) is 3.30. The van der Waals surface area contributed by atoms with E-state index in [0.29, 0.717) is 22.9 Å². The zero-order valence-corrected chi connectivity index (χ0v) is 13.8. The van der Waals surface area contributed by atoms with E-state index in [9.17, 15) is 0 Å². The smallest absolute Gasteiger partial charge is 0.141 e. The highest BCUT2D eigenvalue weighted by atomic mass is 15.1. The molecule has 0 aliphatic rings. The van der Waals surface area contributed by atoms with Crippen molar-refractivity contribution in [3.8, 4) is 0 Å². The van der Waals surface area contributed by atoms with Crippen LogP contribution < -0.4 is 11.1 Å². The topological polar surface area (TPSA) is 87.7 Å². The lowest BCUT2D eigenvalue weighted by atomic mass is 9.95. The lowest BCUT2D eigenvalue weighted by molar-refractivity contribution is 0.630. The van der Waals surface area contributed by atoms with E-state index >= 15 is 0 Å². The summed E-state index contributed by atoms with van der Waals surface area (Å²) < 4.78 is 0. The first-order chi connectivity index (χ1) is 10.2. The van der Waals surface area contributed by atoms with Crippen LogP contribution in [0, 0.1) is 19.3 Å². The molecule has 0 aliphatic heterocycles. The summed E-state index contributed by atoms with van der Waals surface area (Å²) in [6.07, 6.45) is 1.42. The Morgan fingerprint density at radius 2 is 1.86 bits per heavy atom. The van der Waals surface area contributed by atoms with E-state index in [1.807, 2.05) is 52.8 Å². The number of aromatic nitrogens is 2. The van der Waals surface area contributed by atoms with E-state index in [-0.39, 0.29) is 5.54 Å². The van der Waals surface area contributed by atoms with Crippen molar-refractivity contribution in [3.05, 3.63) is 46.8 Å². The van der Waals surface area contributed by atoms with E-state index in [2.05, 4.69) is 15.3 Å². The van der Waals surface area contributed by atoms with Crippen LogP contribution in [0.1, 0.15) is 43.0 Å². The first kappa shape index (κ1) is 15.9. The highest BCUT2D eigenvalue weighted by Crippen LogP contribution is 2.26. The molecule has 0 saturated heterocycles. The summed E-state index contributed by atoms with van der Waals surface area (Å²) in [4.78, 5) is 8.33. The lowest BCUT2D eigenvalue weighted by Gasteiger charge is -2.24. The third kappa shape index (κ3) is 3.24. The van der Waals surface area contributed by atoms with Gasteiger partial charge in [0, 0.05) is 11.1 Å². The quantitative estimate of drug-likeness (QED) is 0.758. The fourth-order valence-electron chi connectivity index (χ4n) is 2.25. The van der Waals surface area contributed by atoms with Crippen molar-refractivity contribution in [2.75, 3.05) is 11.1 Å². The van der Waals surface area contributed by atoms with Crippen LogP contribution in [0.5, 0.6) is 0 Å². The summed E-state index contributed by atoms with van der Waals surface area (Å²) in [5, 5.41) is 11.9. The summed E-state index contributed by atoms with van der Waals surface area (Å²) in [5.41, 5.74) is 9.79. The molecule has 0 unspecified atom stereocenters. The molecule has 5 nitrogen and oxygen atoms in total. The predicted molar refractivity (Wildman–Crippen MR) is 91.7 cm³/mol. The maximum Gasteiger partial charge on any atom is 0.141 e. The third-order valence-electron chi connectivity index (χ3n) is 3.49. The minimum absolute atomic E-state index is 0.183. The van der Waals surface area contributed by atoms with Gasteiger partial charge in [0.25, 0.3) is 0 Å². The number of nitrogens with zero attached hydrogens (tertiary/aromatic N) is 2. The summed E-state index contributed by atoms with van der Waals surface area (Å²) in [6, 6.07) is 5.91. The standard InChI is InChI=1S/C17H23N5/c1-10-7-6-8-12(11(10)2)14(18)13-15(19)20-9-21-16(13)22-17(3,4)5/h6-9,18H,1-5H3,(H3,19,20,21,22). The molecule has 0 atom stereocenters. The van der Waals surface area contributed by atoms with Gasteiger partial charge in [-0.1, -0.05) is 18.2 Å². The Morgan fingerprint density at radius 1 is 1.18 bits per heavy atom. The minimum atomic E-state index is -0.183. The van der Waals surface area contributed by atoms with Gasteiger partial charge >= 0.3 is 0 Å². The number of rotatable bonds is 3. The van der Waals surface area contributed by atoms with Crippen LogP contribution in [0.3, 0.4) is 0 Å². The molecule has 2 aromatic rings. The van der Waals surface area contributed by atoms with Gasteiger partial charge in [-0.3, -0.25) is 5.41 Å². The molecule has 22 heavy (non-hydrogen) atoms. The van der Waals surface area contributed by atoms with Gasteiger partial charge in [0.2, 0.25) is 0 Å². The zero-order valence-electron chi connectivity index (χ0n) is 13.8. The van der Waals surface area contributed by atoms with Crippen molar-refractivity contribution in [2.45, 2.75) is 40.2 Å². The van der Waals surface area contributed by atoms with E-state index in [0.717, 1.165) is 16.7 Å². The normalized spacial score (nSPS) is 11.3.